The summed E-state index contributed by atoms with van der Waals surface area (Å²) in [5.74, 6) is 1.61. The molecule has 6 nitrogen and oxygen atoms in total. The highest BCUT2D eigenvalue weighted by Crippen LogP contribution is 2.30. The number of ether oxygens (including phenoxy) is 1. The van der Waals surface area contributed by atoms with Crippen LogP contribution in [0.15, 0.2) is 37.1 Å². The standard InChI is InChI=1S/C18H25N5O.ClH/c1-4-15(17-12-24-10-8-20-17)16(5-1)22-11-14-3-2-6-21-18(14)23-9-7-19-13-23;/h2-3,6-7,9,13,15-17,20,22H,1,4-5,8,10-12H2;1H. The van der Waals surface area contributed by atoms with Crippen LogP contribution in [0.25, 0.3) is 5.82 Å². The van der Waals surface area contributed by atoms with Gasteiger partial charge in [-0.25, -0.2) is 9.97 Å². The lowest BCUT2D eigenvalue weighted by molar-refractivity contribution is 0.0524. The number of rotatable bonds is 5. The van der Waals surface area contributed by atoms with Crippen molar-refractivity contribution in [3.8, 4) is 5.82 Å². The monoisotopic (exact) mass is 363 g/mol. The highest BCUT2D eigenvalue weighted by atomic mass is 35.5. The van der Waals surface area contributed by atoms with Crippen LogP contribution >= 0.6 is 12.4 Å². The number of hydrogen-bond donors (Lipinski definition) is 2. The van der Waals surface area contributed by atoms with Gasteiger partial charge in [0.15, 0.2) is 0 Å². The predicted molar refractivity (Wildman–Crippen MR) is 99.2 cm³/mol. The van der Waals surface area contributed by atoms with Crippen molar-refractivity contribution < 1.29 is 4.74 Å². The molecular formula is C18H26ClN5O. The first-order chi connectivity index (χ1) is 11.9. The maximum absolute atomic E-state index is 5.66. The topological polar surface area (TPSA) is 64.0 Å². The van der Waals surface area contributed by atoms with Gasteiger partial charge in [-0.3, -0.25) is 4.57 Å². The van der Waals surface area contributed by atoms with Crippen LogP contribution in [0.2, 0.25) is 0 Å². The van der Waals surface area contributed by atoms with E-state index in [4.69, 9.17) is 4.74 Å². The maximum atomic E-state index is 5.66. The van der Waals surface area contributed by atoms with Crippen molar-refractivity contribution in [2.24, 2.45) is 5.92 Å². The highest BCUT2D eigenvalue weighted by molar-refractivity contribution is 5.85. The number of imidazole rings is 1. The largest absolute Gasteiger partial charge is 0.379 e. The molecule has 2 aromatic rings. The lowest BCUT2D eigenvalue weighted by atomic mass is 9.94. The SMILES string of the molecule is Cl.c1cnc(-n2ccnc2)c(CNC2CCCC2C2COCCN2)c1. The molecule has 2 N–H and O–H groups in total. The Kier molecular flexibility index (Phi) is 6.42. The van der Waals surface area contributed by atoms with E-state index in [-0.39, 0.29) is 12.4 Å². The summed E-state index contributed by atoms with van der Waals surface area (Å²) in [6, 6.07) is 5.17. The fourth-order valence-corrected chi connectivity index (χ4v) is 4.01. The van der Waals surface area contributed by atoms with E-state index in [1.807, 2.05) is 23.0 Å². The number of aromatic nitrogens is 3. The Morgan fingerprint density at radius 3 is 3.08 bits per heavy atom. The van der Waals surface area contributed by atoms with Crippen molar-refractivity contribution in [3.05, 3.63) is 42.6 Å². The summed E-state index contributed by atoms with van der Waals surface area (Å²) in [7, 11) is 0. The third-order valence-corrected chi connectivity index (χ3v) is 5.21. The van der Waals surface area contributed by atoms with Gasteiger partial charge in [0.1, 0.15) is 12.1 Å². The van der Waals surface area contributed by atoms with Crippen LogP contribution in [-0.2, 0) is 11.3 Å². The lowest BCUT2D eigenvalue weighted by Crippen LogP contribution is -2.50. The second kappa shape index (κ2) is 8.76. The van der Waals surface area contributed by atoms with E-state index in [0.717, 1.165) is 32.1 Å². The third-order valence-electron chi connectivity index (χ3n) is 5.21. The second-order valence-corrected chi connectivity index (χ2v) is 6.67. The zero-order chi connectivity index (χ0) is 16.2. The van der Waals surface area contributed by atoms with Crippen LogP contribution in [0.3, 0.4) is 0 Å². The molecule has 3 unspecified atom stereocenters. The van der Waals surface area contributed by atoms with E-state index in [1.54, 1.807) is 12.5 Å². The average molecular weight is 364 g/mol. The Balaban J connectivity index is 0.00000182. The molecule has 136 valence electrons. The van der Waals surface area contributed by atoms with Crippen LogP contribution in [0.5, 0.6) is 0 Å². The minimum atomic E-state index is 0. The minimum absolute atomic E-state index is 0. The molecule has 1 aliphatic carbocycles. The quantitative estimate of drug-likeness (QED) is 0.850. The summed E-state index contributed by atoms with van der Waals surface area (Å²) in [5.41, 5.74) is 1.20. The Labute approximate surface area is 154 Å². The van der Waals surface area contributed by atoms with Crippen LogP contribution in [0.1, 0.15) is 24.8 Å². The zero-order valence-corrected chi connectivity index (χ0v) is 15.1. The summed E-state index contributed by atoms with van der Waals surface area (Å²) in [6.45, 7) is 3.48. The van der Waals surface area contributed by atoms with Crippen molar-refractivity contribution in [3.63, 3.8) is 0 Å². The number of morpholine rings is 1. The normalized spacial score (nSPS) is 26.3. The third kappa shape index (κ3) is 4.20. The number of nitrogens with zero attached hydrogens (tertiary/aromatic N) is 3. The van der Waals surface area contributed by atoms with Gasteiger partial charge in [-0.15, -0.1) is 12.4 Å². The molecule has 0 radical (unpaired) electrons. The van der Waals surface area contributed by atoms with Gasteiger partial charge in [0.05, 0.1) is 13.2 Å². The summed E-state index contributed by atoms with van der Waals surface area (Å²) in [5, 5.41) is 7.41. The van der Waals surface area contributed by atoms with Crippen molar-refractivity contribution in [2.75, 3.05) is 19.8 Å². The van der Waals surface area contributed by atoms with Crippen LogP contribution in [0.4, 0.5) is 0 Å². The fourth-order valence-electron chi connectivity index (χ4n) is 4.01. The van der Waals surface area contributed by atoms with Gasteiger partial charge in [0.2, 0.25) is 0 Å². The Morgan fingerprint density at radius 2 is 2.28 bits per heavy atom. The molecule has 0 amide bonds. The molecule has 1 saturated carbocycles. The maximum Gasteiger partial charge on any atom is 0.142 e. The fraction of sp³-hybridized carbons (Fsp3) is 0.556. The zero-order valence-electron chi connectivity index (χ0n) is 14.3. The van der Waals surface area contributed by atoms with E-state index in [0.29, 0.717) is 18.0 Å². The van der Waals surface area contributed by atoms with Gasteiger partial charge in [0, 0.05) is 49.3 Å². The molecule has 2 aliphatic rings. The van der Waals surface area contributed by atoms with Gasteiger partial charge >= 0.3 is 0 Å². The molecule has 2 fully saturated rings. The van der Waals surface area contributed by atoms with Gasteiger partial charge in [-0.05, 0) is 24.8 Å². The lowest BCUT2D eigenvalue weighted by Gasteiger charge is -2.33. The molecule has 0 bridgehead atoms. The molecule has 3 atom stereocenters. The first-order valence-electron chi connectivity index (χ1n) is 8.88. The van der Waals surface area contributed by atoms with Crippen molar-refractivity contribution in [1.29, 1.82) is 0 Å². The van der Waals surface area contributed by atoms with E-state index in [9.17, 15) is 0 Å². The van der Waals surface area contributed by atoms with E-state index >= 15 is 0 Å². The Morgan fingerprint density at radius 1 is 1.32 bits per heavy atom. The molecule has 1 aliphatic heterocycles. The first kappa shape index (κ1) is 18.3. The Bertz CT molecular complexity index is 645. The summed E-state index contributed by atoms with van der Waals surface area (Å²) in [4.78, 5) is 8.66. The molecule has 0 aromatic carbocycles. The van der Waals surface area contributed by atoms with E-state index in [1.165, 1.54) is 24.8 Å². The van der Waals surface area contributed by atoms with Crippen LogP contribution < -0.4 is 10.6 Å². The average Bonchev–Trinajstić information content (AvgIpc) is 3.33. The van der Waals surface area contributed by atoms with Crippen LogP contribution in [-0.4, -0.2) is 46.4 Å². The van der Waals surface area contributed by atoms with Crippen molar-refractivity contribution in [1.82, 2.24) is 25.2 Å². The smallest absolute Gasteiger partial charge is 0.142 e. The first-order valence-corrected chi connectivity index (χ1v) is 8.88. The van der Waals surface area contributed by atoms with E-state index < -0.39 is 0 Å². The summed E-state index contributed by atoms with van der Waals surface area (Å²) < 4.78 is 7.64. The molecule has 1 saturated heterocycles. The summed E-state index contributed by atoms with van der Waals surface area (Å²) in [6.07, 6.45) is 11.2. The van der Waals surface area contributed by atoms with Gasteiger partial charge in [-0.2, -0.15) is 0 Å². The highest BCUT2D eigenvalue weighted by Gasteiger charge is 2.34. The van der Waals surface area contributed by atoms with Gasteiger partial charge in [0.25, 0.3) is 0 Å². The minimum Gasteiger partial charge on any atom is -0.379 e. The number of nitrogens with one attached hydrogen (secondary N) is 2. The van der Waals surface area contributed by atoms with E-state index in [2.05, 4.69) is 26.7 Å². The number of hydrogen-bond acceptors (Lipinski definition) is 5. The molecule has 2 aromatic heterocycles. The van der Waals surface area contributed by atoms with Gasteiger partial charge in [-0.1, -0.05) is 12.5 Å². The van der Waals surface area contributed by atoms with Gasteiger partial charge < -0.3 is 15.4 Å². The molecule has 0 spiro atoms. The Hall–Kier alpha value is -1.47. The molecular weight excluding hydrogens is 338 g/mol. The molecule has 7 heteroatoms. The molecule has 25 heavy (non-hydrogen) atoms. The molecule has 4 rings (SSSR count). The van der Waals surface area contributed by atoms with Crippen molar-refractivity contribution in [2.45, 2.75) is 37.9 Å². The van der Waals surface area contributed by atoms with Crippen molar-refractivity contribution >= 4 is 12.4 Å². The second-order valence-electron chi connectivity index (χ2n) is 6.67. The predicted octanol–water partition coefficient (Wildman–Crippen LogP) is 1.94. The number of halogens is 1. The summed E-state index contributed by atoms with van der Waals surface area (Å²) >= 11 is 0. The number of pyridine rings is 1. The molecule has 3 heterocycles. The van der Waals surface area contributed by atoms with Crippen LogP contribution in [0, 0.1) is 5.92 Å².